The van der Waals surface area contributed by atoms with Gasteiger partial charge in [-0.05, 0) is 61.4 Å². The molecule has 1 aliphatic rings. The molecule has 0 saturated carbocycles. The molecule has 1 fully saturated rings. The number of para-hydroxylation sites is 1. The second kappa shape index (κ2) is 10.6. The van der Waals surface area contributed by atoms with Crippen molar-refractivity contribution in [3.63, 3.8) is 0 Å². The number of anilines is 1. The number of carbonyl (C=O) groups is 2. The third kappa shape index (κ3) is 5.02. The van der Waals surface area contributed by atoms with Crippen molar-refractivity contribution >= 4 is 39.2 Å². The van der Waals surface area contributed by atoms with Crippen molar-refractivity contribution in [3.8, 4) is 0 Å². The molecule has 3 amide bonds. The van der Waals surface area contributed by atoms with Crippen LogP contribution >= 0.6 is 11.3 Å². The summed E-state index contributed by atoms with van der Waals surface area (Å²) in [5, 5.41) is 6.23. The number of urea groups is 1. The molecule has 1 N–H and O–H groups in total. The summed E-state index contributed by atoms with van der Waals surface area (Å²) in [6, 6.07) is 22.2. The monoisotopic (exact) mass is 500 g/mol. The number of rotatable bonds is 6. The maximum Gasteiger partial charge on any atom is 0.322 e. The highest BCUT2D eigenvalue weighted by Gasteiger charge is 2.32. The summed E-state index contributed by atoms with van der Waals surface area (Å²) in [5.41, 5.74) is 3.91. The predicted molar refractivity (Wildman–Crippen MR) is 147 cm³/mol. The number of nitrogens with one attached hydrogen (secondary N) is 1. The van der Waals surface area contributed by atoms with Gasteiger partial charge in [0.25, 0.3) is 5.91 Å². The Balaban J connectivity index is 1.26. The second-order valence-corrected chi connectivity index (χ2v) is 10.4. The van der Waals surface area contributed by atoms with E-state index in [1.54, 1.807) is 11.3 Å². The first-order valence-corrected chi connectivity index (χ1v) is 13.4. The van der Waals surface area contributed by atoms with Gasteiger partial charge in [-0.3, -0.25) is 4.79 Å². The zero-order chi connectivity index (χ0) is 25.1. The summed E-state index contributed by atoms with van der Waals surface area (Å²) in [5.74, 6) is 0.0453. The van der Waals surface area contributed by atoms with E-state index < -0.39 is 0 Å². The SMILES string of the molecule is Cc1ccccc1NC(=O)N1CCN(C(=O)c2cc3ccsc3n2CCCc2ccccc2)C[C@H]1C. The number of fused-ring (bicyclic) bond motifs is 1. The van der Waals surface area contributed by atoms with Crippen LogP contribution in [-0.4, -0.2) is 52.0 Å². The maximum atomic E-state index is 13.7. The largest absolute Gasteiger partial charge is 0.334 e. The van der Waals surface area contributed by atoms with Crippen LogP contribution in [-0.2, 0) is 13.0 Å². The van der Waals surface area contributed by atoms with E-state index in [2.05, 4.69) is 45.6 Å². The molecule has 3 heterocycles. The lowest BCUT2D eigenvalue weighted by Crippen LogP contribution is -2.56. The van der Waals surface area contributed by atoms with Crippen molar-refractivity contribution in [3.05, 3.63) is 88.9 Å². The zero-order valence-corrected chi connectivity index (χ0v) is 21.6. The number of aromatic nitrogens is 1. The van der Waals surface area contributed by atoms with E-state index in [4.69, 9.17) is 0 Å². The summed E-state index contributed by atoms with van der Waals surface area (Å²) >= 11 is 1.68. The number of thiophene rings is 1. The fraction of sp³-hybridized carbons (Fsp3) is 0.310. The first-order chi connectivity index (χ1) is 17.5. The molecular formula is C29H32N4O2S. The molecule has 0 unspecified atom stereocenters. The van der Waals surface area contributed by atoms with Gasteiger partial charge in [0.2, 0.25) is 0 Å². The summed E-state index contributed by atoms with van der Waals surface area (Å²) in [4.78, 5) is 31.5. The van der Waals surface area contributed by atoms with Gasteiger partial charge in [0, 0.05) is 43.3 Å². The first kappa shape index (κ1) is 24.1. The van der Waals surface area contributed by atoms with E-state index in [1.165, 1.54) is 5.56 Å². The van der Waals surface area contributed by atoms with Gasteiger partial charge in [0.05, 0.1) is 0 Å². The van der Waals surface area contributed by atoms with Crippen LogP contribution in [0.4, 0.5) is 10.5 Å². The molecule has 5 rings (SSSR count). The molecule has 2 aromatic carbocycles. The normalized spacial score (nSPS) is 15.9. The summed E-state index contributed by atoms with van der Waals surface area (Å²) in [6.07, 6.45) is 1.94. The van der Waals surface area contributed by atoms with Crippen LogP contribution in [0, 0.1) is 6.92 Å². The number of piperazine rings is 1. The Kier molecular flexibility index (Phi) is 7.09. The van der Waals surface area contributed by atoms with E-state index >= 15 is 0 Å². The number of nitrogens with zero attached hydrogens (tertiary/aromatic N) is 3. The average Bonchev–Trinajstić information content (AvgIpc) is 3.48. The second-order valence-electron chi connectivity index (χ2n) is 9.49. The molecule has 0 aliphatic carbocycles. The van der Waals surface area contributed by atoms with E-state index in [0.29, 0.717) is 19.6 Å². The van der Waals surface area contributed by atoms with Crippen LogP contribution in [0.1, 0.15) is 35.0 Å². The third-order valence-electron chi connectivity index (χ3n) is 6.97. The molecule has 4 aromatic rings. The Morgan fingerprint density at radius 1 is 1.03 bits per heavy atom. The summed E-state index contributed by atoms with van der Waals surface area (Å²) in [7, 11) is 0. The first-order valence-electron chi connectivity index (χ1n) is 12.5. The van der Waals surface area contributed by atoms with Gasteiger partial charge in [-0.25, -0.2) is 4.79 Å². The van der Waals surface area contributed by atoms with Crippen LogP contribution in [0.2, 0.25) is 0 Å². The number of amides is 3. The third-order valence-corrected chi connectivity index (χ3v) is 7.93. The highest BCUT2D eigenvalue weighted by atomic mass is 32.1. The Morgan fingerprint density at radius 3 is 2.58 bits per heavy atom. The lowest BCUT2D eigenvalue weighted by atomic mass is 10.1. The fourth-order valence-corrected chi connectivity index (χ4v) is 5.89. The van der Waals surface area contributed by atoms with Crippen molar-refractivity contribution in [2.24, 2.45) is 0 Å². The van der Waals surface area contributed by atoms with E-state index in [1.807, 2.05) is 60.0 Å². The van der Waals surface area contributed by atoms with Crippen molar-refractivity contribution in [1.82, 2.24) is 14.4 Å². The Labute approximate surface area is 216 Å². The molecular weight excluding hydrogens is 468 g/mol. The van der Waals surface area contributed by atoms with Gasteiger partial charge < -0.3 is 19.7 Å². The topological polar surface area (TPSA) is 57.6 Å². The molecule has 7 heteroatoms. The van der Waals surface area contributed by atoms with Gasteiger partial charge in [0.15, 0.2) is 0 Å². The van der Waals surface area contributed by atoms with Crippen LogP contribution in [0.5, 0.6) is 0 Å². The number of carbonyl (C=O) groups excluding carboxylic acids is 2. The molecule has 2 aromatic heterocycles. The Bertz CT molecular complexity index is 1360. The van der Waals surface area contributed by atoms with Crippen molar-refractivity contribution in [2.45, 2.75) is 39.3 Å². The number of hydrogen-bond donors (Lipinski definition) is 1. The minimum atomic E-state index is -0.117. The molecule has 0 spiro atoms. The van der Waals surface area contributed by atoms with Crippen molar-refractivity contribution in [2.75, 3.05) is 25.0 Å². The molecule has 0 bridgehead atoms. The van der Waals surface area contributed by atoms with Crippen molar-refractivity contribution < 1.29 is 9.59 Å². The zero-order valence-electron chi connectivity index (χ0n) is 20.8. The highest BCUT2D eigenvalue weighted by Crippen LogP contribution is 2.27. The average molecular weight is 501 g/mol. The minimum Gasteiger partial charge on any atom is -0.334 e. The quantitative estimate of drug-likeness (QED) is 0.352. The van der Waals surface area contributed by atoms with Crippen LogP contribution in [0.15, 0.2) is 72.1 Å². The molecule has 1 atom stereocenters. The highest BCUT2D eigenvalue weighted by molar-refractivity contribution is 7.16. The molecule has 36 heavy (non-hydrogen) atoms. The Hall–Kier alpha value is -3.58. The van der Waals surface area contributed by atoms with Crippen LogP contribution in [0.25, 0.3) is 10.2 Å². The fourth-order valence-electron chi connectivity index (χ4n) is 4.97. The number of aryl methyl sites for hydroxylation is 3. The van der Waals surface area contributed by atoms with Crippen molar-refractivity contribution in [1.29, 1.82) is 0 Å². The van der Waals surface area contributed by atoms with Crippen LogP contribution < -0.4 is 5.32 Å². The smallest absolute Gasteiger partial charge is 0.322 e. The summed E-state index contributed by atoms with van der Waals surface area (Å²) < 4.78 is 2.19. The summed E-state index contributed by atoms with van der Waals surface area (Å²) in [6.45, 7) is 6.34. The van der Waals surface area contributed by atoms with Gasteiger partial charge in [-0.2, -0.15) is 0 Å². The maximum absolute atomic E-state index is 13.7. The number of benzene rings is 2. The molecule has 1 aliphatic heterocycles. The standard InChI is InChI=1S/C29H32N4O2S/c1-21-9-6-7-13-25(21)30-29(35)32-17-16-31(20-22(32)2)27(34)26-19-24-14-18-36-28(24)33(26)15-8-12-23-10-4-3-5-11-23/h3-7,9-11,13-14,18-19,22H,8,12,15-17,20H2,1-2H3,(H,30,35)/t22-/m1/s1. The van der Waals surface area contributed by atoms with Gasteiger partial charge in [0.1, 0.15) is 10.5 Å². The van der Waals surface area contributed by atoms with E-state index in [0.717, 1.165) is 46.5 Å². The number of hydrogen-bond acceptors (Lipinski definition) is 3. The predicted octanol–water partition coefficient (Wildman–Crippen LogP) is 6.02. The molecule has 1 saturated heterocycles. The molecule has 186 valence electrons. The van der Waals surface area contributed by atoms with E-state index in [-0.39, 0.29) is 18.0 Å². The minimum absolute atomic E-state index is 0.0453. The molecule has 0 radical (unpaired) electrons. The Morgan fingerprint density at radius 2 is 1.81 bits per heavy atom. The lowest BCUT2D eigenvalue weighted by molar-refractivity contribution is 0.0582. The van der Waals surface area contributed by atoms with E-state index in [9.17, 15) is 9.59 Å². The lowest BCUT2D eigenvalue weighted by Gasteiger charge is -2.39. The van der Waals surface area contributed by atoms with Gasteiger partial charge in [-0.15, -0.1) is 11.3 Å². The van der Waals surface area contributed by atoms with Crippen LogP contribution in [0.3, 0.4) is 0 Å². The molecule has 6 nitrogen and oxygen atoms in total. The van der Waals surface area contributed by atoms with Gasteiger partial charge in [-0.1, -0.05) is 48.5 Å². The van der Waals surface area contributed by atoms with Gasteiger partial charge >= 0.3 is 6.03 Å².